The molecule has 1 fully saturated rings. The largest absolute Gasteiger partial charge is 0.479 e. The summed E-state index contributed by atoms with van der Waals surface area (Å²) < 4.78 is 26.2. The van der Waals surface area contributed by atoms with Crippen LogP contribution in [0, 0.1) is 0 Å². The van der Waals surface area contributed by atoms with Gasteiger partial charge in [0.25, 0.3) is 0 Å². The van der Waals surface area contributed by atoms with E-state index in [9.17, 15) is 14.6 Å². The molecule has 0 radical (unpaired) electrons. The molecule has 1 aliphatic rings. The molecule has 4 atom stereocenters. The molecule has 23 heavy (non-hydrogen) atoms. The lowest BCUT2D eigenvalue weighted by atomic mass is 10.1. The van der Waals surface area contributed by atoms with Gasteiger partial charge in [-0.15, -0.1) is 0 Å². The third kappa shape index (κ3) is 2.80. The van der Waals surface area contributed by atoms with Crippen LogP contribution in [0.5, 0.6) is 5.88 Å². The highest BCUT2D eigenvalue weighted by Crippen LogP contribution is 2.31. The minimum absolute atomic E-state index is 0.00633. The molecule has 1 unspecified atom stereocenters. The molecule has 1 aliphatic heterocycles. The molecular weight excluding hydrogens is 309 g/mol. The Kier molecular flexibility index (Phi) is 4.28. The molecule has 1 saturated heterocycles. The van der Waals surface area contributed by atoms with E-state index in [-0.39, 0.29) is 24.7 Å². The number of nitrogens with two attached hydrogens (primary N) is 1. The summed E-state index contributed by atoms with van der Waals surface area (Å²) >= 11 is 0. The highest BCUT2D eigenvalue weighted by molar-refractivity contribution is 5.77. The number of nitrogens with zero attached hydrogens (tertiary/aromatic N) is 4. The van der Waals surface area contributed by atoms with E-state index in [2.05, 4.69) is 15.0 Å². The monoisotopic (exact) mass is 327 g/mol. The van der Waals surface area contributed by atoms with Gasteiger partial charge < -0.3 is 25.4 Å². The zero-order valence-electron chi connectivity index (χ0n) is 12.5. The number of rotatable bonds is 3. The number of nitrogen functional groups attached to an aromatic ring is 1. The molecule has 2 aromatic rings. The number of aliphatic hydroxyl groups is 2. The van der Waals surface area contributed by atoms with Gasteiger partial charge in [-0.05, 0) is 12.8 Å². The average molecular weight is 327 g/mol. The lowest BCUT2D eigenvalue weighted by molar-refractivity contribution is -0.120. The molecule has 3 rings (SSSR count). The molecule has 0 spiro atoms. The quantitative estimate of drug-likeness (QED) is 0.706. The second-order valence-electron chi connectivity index (χ2n) is 5.31. The Balaban J connectivity index is 2.01. The number of aliphatic hydroxyl groups excluding tert-OH is 2. The summed E-state index contributed by atoms with van der Waals surface area (Å²) in [7, 11) is 1.44. The maximum atomic E-state index is 13.9. The van der Waals surface area contributed by atoms with Crippen molar-refractivity contribution in [3.63, 3.8) is 0 Å². The van der Waals surface area contributed by atoms with Crippen molar-refractivity contribution in [1.82, 2.24) is 19.5 Å². The van der Waals surface area contributed by atoms with Crippen LogP contribution in [0.3, 0.4) is 0 Å². The van der Waals surface area contributed by atoms with Crippen molar-refractivity contribution in [3.8, 4) is 5.88 Å². The fourth-order valence-electron chi connectivity index (χ4n) is 2.67. The third-order valence-corrected chi connectivity index (χ3v) is 3.86. The number of halogens is 1. The van der Waals surface area contributed by atoms with Crippen molar-refractivity contribution in [1.29, 1.82) is 0 Å². The molecule has 2 aromatic heterocycles. The van der Waals surface area contributed by atoms with Gasteiger partial charge in [0.2, 0.25) is 11.8 Å². The van der Waals surface area contributed by atoms with Gasteiger partial charge in [0.1, 0.15) is 24.6 Å². The summed E-state index contributed by atoms with van der Waals surface area (Å²) in [5, 5.41) is 19.1. The van der Waals surface area contributed by atoms with Gasteiger partial charge in [-0.1, -0.05) is 0 Å². The van der Waals surface area contributed by atoms with E-state index < -0.39 is 31.2 Å². The second kappa shape index (κ2) is 6.22. The summed E-state index contributed by atoms with van der Waals surface area (Å²) in [6, 6.07) is 0. The van der Waals surface area contributed by atoms with Gasteiger partial charge in [-0.3, -0.25) is 4.57 Å². The van der Waals surface area contributed by atoms with Crippen molar-refractivity contribution in [2.24, 2.45) is 0 Å². The molecular formula is C13H18FN5O4. The molecule has 3 heterocycles. The van der Waals surface area contributed by atoms with Crippen LogP contribution in [-0.4, -0.2) is 61.8 Å². The lowest BCUT2D eigenvalue weighted by Crippen LogP contribution is -2.38. The van der Waals surface area contributed by atoms with E-state index in [1.165, 1.54) is 13.4 Å². The zero-order chi connectivity index (χ0) is 16.6. The number of anilines is 1. The summed E-state index contributed by atoms with van der Waals surface area (Å²) in [6.45, 7) is -0.495. The van der Waals surface area contributed by atoms with Crippen LogP contribution < -0.4 is 10.5 Å². The van der Waals surface area contributed by atoms with Crippen LogP contribution in [0.15, 0.2) is 6.33 Å². The number of ether oxygens (including phenoxy) is 2. The summed E-state index contributed by atoms with van der Waals surface area (Å²) in [4.78, 5) is 12.3. The fraction of sp³-hybridized carbons (Fsp3) is 0.615. The molecule has 0 aliphatic carbocycles. The van der Waals surface area contributed by atoms with Crippen LogP contribution in [0.25, 0.3) is 11.2 Å². The van der Waals surface area contributed by atoms with E-state index in [0.717, 1.165) is 0 Å². The van der Waals surface area contributed by atoms with Gasteiger partial charge in [-0.2, -0.15) is 9.97 Å². The van der Waals surface area contributed by atoms with Crippen LogP contribution in [-0.2, 0) is 4.74 Å². The van der Waals surface area contributed by atoms with Gasteiger partial charge in [0.15, 0.2) is 11.2 Å². The number of methoxy groups -OCH3 is 1. The first-order valence-corrected chi connectivity index (χ1v) is 7.17. The highest BCUT2D eigenvalue weighted by atomic mass is 19.1. The predicted octanol–water partition coefficient (Wildman–Crippen LogP) is -0.214. The minimum atomic E-state index is -1.47. The molecule has 0 aromatic carbocycles. The van der Waals surface area contributed by atoms with Crippen molar-refractivity contribution in [2.75, 3.05) is 19.5 Å². The first-order chi connectivity index (χ1) is 11.0. The maximum Gasteiger partial charge on any atom is 0.246 e. The average Bonchev–Trinajstić information content (AvgIpc) is 2.91. The Morgan fingerprint density at radius 1 is 1.48 bits per heavy atom. The van der Waals surface area contributed by atoms with E-state index in [1.807, 2.05) is 0 Å². The number of hydrogen-bond donors (Lipinski definition) is 3. The highest BCUT2D eigenvalue weighted by Gasteiger charge is 2.35. The standard InChI is InChI=1S/C13H18FN5O4/c1-22-12-9-11(17-13(15)18-12)19(5-16-9)8-3-2-6(14)10(21)7(4-20)23-8/h5-8,10,20-21H,2-4H2,1H3,(H2,15,17,18)/t6?,7-,8-,10+/m1/s1. The second-order valence-corrected chi connectivity index (χ2v) is 5.31. The Hall–Kier alpha value is -2.04. The van der Waals surface area contributed by atoms with E-state index >= 15 is 0 Å². The number of imidazole rings is 1. The smallest absolute Gasteiger partial charge is 0.246 e. The van der Waals surface area contributed by atoms with Crippen LogP contribution in [0.2, 0.25) is 0 Å². The van der Waals surface area contributed by atoms with E-state index in [1.54, 1.807) is 4.57 Å². The van der Waals surface area contributed by atoms with Gasteiger partial charge >= 0.3 is 0 Å². The molecule has 0 amide bonds. The van der Waals surface area contributed by atoms with Crippen LogP contribution in [0.4, 0.5) is 10.3 Å². The van der Waals surface area contributed by atoms with Crippen LogP contribution >= 0.6 is 0 Å². The van der Waals surface area contributed by atoms with Crippen molar-refractivity contribution < 1.29 is 24.1 Å². The lowest BCUT2D eigenvalue weighted by Gasteiger charge is -2.24. The molecule has 126 valence electrons. The van der Waals surface area contributed by atoms with Crippen LogP contribution in [0.1, 0.15) is 19.1 Å². The minimum Gasteiger partial charge on any atom is -0.479 e. The maximum absolute atomic E-state index is 13.9. The molecule has 9 nitrogen and oxygen atoms in total. The fourth-order valence-corrected chi connectivity index (χ4v) is 2.67. The number of alkyl halides is 1. The summed E-state index contributed by atoms with van der Waals surface area (Å²) in [6.07, 6.45) is -2.70. The molecule has 10 heteroatoms. The first-order valence-electron chi connectivity index (χ1n) is 7.17. The summed E-state index contributed by atoms with van der Waals surface area (Å²) in [5.41, 5.74) is 6.44. The van der Waals surface area contributed by atoms with Gasteiger partial charge in [-0.25, -0.2) is 9.37 Å². The predicted molar refractivity (Wildman–Crippen MR) is 77.4 cm³/mol. The molecule has 4 N–H and O–H groups in total. The molecule has 0 bridgehead atoms. The number of fused-ring (bicyclic) bond motifs is 1. The number of aromatic nitrogens is 4. The van der Waals surface area contributed by atoms with Gasteiger partial charge in [0, 0.05) is 0 Å². The van der Waals surface area contributed by atoms with E-state index in [4.69, 9.17) is 15.2 Å². The number of hydrogen-bond acceptors (Lipinski definition) is 8. The Labute approximate surface area is 130 Å². The first kappa shape index (κ1) is 15.8. The SMILES string of the molecule is COc1nc(N)nc2c1ncn2[C@H]1CCC(F)[C@H](O)[C@@H](CO)O1. The summed E-state index contributed by atoms with van der Waals surface area (Å²) in [5.74, 6) is 0.230. The Bertz CT molecular complexity index is 696. The van der Waals surface area contributed by atoms with E-state index in [0.29, 0.717) is 11.2 Å². The van der Waals surface area contributed by atoms with Crippen molar-refractivity contribution in [3.05, 3.63) is 6.33 Å². The third-order valence-electron chi connectivity index (χ3n) is 3.86. The van der Waals surface area contributed by atoms with Crippen molar-refractivity contribution in [2.45, 2.75) is 37.4 Å². The normalized spacial score (nSPS) is 28.7. The Morgan fingerprint density at radius 3 is 2.96 bits per heavy atom. The zero-order valence-corrected chi connectivity index (χ0v) is 12.5. The van der Waals surface area contributed by atoms with Gasteiger partial charge in [0.05, 0.1) is 20.0 Å². The molecule has 0 saturated carbocycles. The topological polar surface area (TPSA) is 129 Å². The van der Waals surface area contributed by atoms with Crippen molar-refractivity contribution >= 4 is 17.1 Å². The Morgan fingerprint density at radius 2 is 2.26 bits per heavy atom.